The van der Waals surface area contributed by atoms with E-state index in [1.807, 2.05) is 30.8 Å². The molecule has 0 aliphatic rings. The van der Waals surface area contributed by atoms with Crippen LogP contribution in [0.15, 0.2) is 34.7 Å². The average molecular weight is 275 g/mol. The van der Waals surface area contributed by atoms with Crippen molar-refractivity contribution < 1.29 is 4.42 Å². The van der Waals surface area contributed by atoms with Crippen LogP contribution in [0.25, 0.3) is 0 Å². The maximum Gasteiger partial charge on any atom is 0.118 e. The molecule has 19 heavy (non-hydrogen) atoms. The van der Waals surface area contributed by atoms with Crippen molar-refractivity contribution >= 4 is 11.8 Å². The molecule has 3 heteroatoms. The van der Waals surface area contributed by atoms with Crippen LogP contribution in [-0.2, 0) is 5.75 Å². The lowest BCUT2D eigenvalue weighted by molar-refractivity contribution is 0.481. The van der Waals surface area contributed by atoms with Crippen molar-refractivity contribution in [1.82, 2.24) is 0 Å². The minimum Gasteiger partial charge on any atom is -0.465 e. The topological polar surface area (TPSA) is 39.2 Å². The summed E-state index contributed by atoms with van der Waals surface area (Å²) in [4.78, 5) is 0. The van der Waals surface area contributed by atoms with E-state index >= 15 is 0 Å². The first-order chi connectivity index (χ1) is 9.08. The molecule has 0 saturated heterocycles. The number of rotatable bonds is 5. The number of benzene rings is 1. The fraction of sp³-hybridized carbons (Fsp3) is 0.375. The third kappa shape index (κ3) is 3.88. The number of nitrogens with two attached hydrogens (primary N) is 1. The second kappa shape index (κ2) is 6.31. The van der Waals surface area contributed by atoms with Gasteiger partial charge >= 0.3 is 0 Å². The van der Waals surface area contributed by atoms with E-state index in [1.54, 1.807) is 0 Å². The molecule has 1 atom stereocenters. The van der Waals surface area contributed by atoms with E-state index in [2.05, 4.69) is 32.0 Å². The van der Waals surface area contributed by atoms with Crippen LogP contribution in [0.1, 0.15) is 33.5 Å². The number of furan rings is 1. The van der Waals surface area contributed by atoms with Gasteiger partial charge in [-0.15, -0.1) is 11.8 Å². The summed E-state index contributed by atoms with van der Waals surface area (Å²) in [5, 5.41) is 0.231. The first-order valence-corrected chi connectivity index (χ1v) is 7.58. The fourth-order valence-electron chi connectivity index (χ4n) is 2.24. The molecule has 102 valence electrons. The van der Waals surface area contributed by atoms with E-state index in [-0.39, 0.29) is 5.25 Å². The average Bonchev–Trinajstić information content (AvgIpc) is 2.75. The smallest absolute Gasteiger partial charge is 0.118 e. The van der Waals surface area contributed by atoms with Crippen LogP contribution >= 0.6 is 11.8 Å². The molecular formula is C16H21NOS. The molecule has 2 N–H and O–H groups in total. The van der Waals surface area contributed by atoms with Gasteiger partial charge in [-0.3, -0.25) is 0 Å². The summed E-state index contributed by atoms with van der Waals surface area (Å²) in [6, 6.07) is 10.7. The van der Waals surface area contributed by atoms with Gasteiger partial charge in [0.2, 0.25) is 0 Å². The largest absolute Gasteiger partial charge is 0.465 e. The molecule has 1 unspecified atom stereocenters. The minimum atomic E-state index is 0.231. The Morgan fingerprint density at radius 3 is 2.32 bits per heavy atom. The maximum absolute atomic E-state index is 5.86. The van der Waals surface area contributed by atoms with Crippen LogP contribution in [0.2, 0.25) is 0 Å². The lowest BCUT2D eigenvalue weighted by Crippen LogP contribution is -2.08. The number of hydrogen-bond donors (Lipinski definition) is 1. The minimum absolute atomic E-state index is 0.231. The predicted molar refractivity (Wildman–Crippen MR) is 82.5 cm³/mol. The van der Waals surface area contributed by atoms with E-state index in [0.29, 0.717) is 6.54 Å². The summed E-state index contributed by atoms with van der Waals surface area (Å²) < 4.78 is 5.67. The zero-order valence-electron chi connectivity index (χ0n) is 11.8. The van der Waals surface area contributed by atoms with Gasteiger partial charge in [-0.1, -0.05) is 29.3 Å². The van der Waals surface area contributed by atoms with Crippen LogP contribution in [-0.4, -0.2) is 6.54 Å². The number of thioether (sulfide) groups is 1. The van der Waals surface area contributed by atoms with E-state index < -0.39 is 0 Å². The van der Waals surface area contributed by atoms with E-state index in [0.717, 1.165) is 17.3 Å². The van der Waals surface area contributed by atoms with Crippen molar-refractivity contribution in [3.05, 3.63) is 58.5 Å². The summed E-state index contributed by atoms with van der Waals surface area (Å²) >= 11 is 1.84. The molecular weight excluding hydrogens is 254 g/mol. The van der Waals surface area contributed by atoms with Crippen LogP contribution in [0.4, 0.5) is 0 Å². The molecule has 0 fully saturated rings. The lowest BCUT2D eigenvalue weighted by Gasteiger charge is -2.12. The second-order valence-electron chi connectivity index (χ2n) is 4.98. The third-order valence-corrected chi connectivity index (χ3v) is 4.35. The summed E-state index contributed by atoms with van der Waals surface area (Å²) in [7, 11) is 0. The van der Waals surface area contributed by atoms with Gasteiger partial charge in [0.05, 0.1) is 5.25 Å². The van der Waals surface area contributed by atoms with Crippen LogP contribution < -0.4 is 5.73 Å². The number of aryl methyl sites for hydroxylation is 3. The fourth-order valence-corrected chi connectivity index (χ4v) is 3.23. The first kappa shape index (κ1) is 14.2. The van der Waals surface area contributed by atoms with Crippen molar-refractivity contribution in [3.8, 4) is 0 Å². The Labute approximate surface area is 119 Å². The Bertz CT molecular complexity index is 527. The highest BCUT2D eigenvalue weighted by Gasteiger charge is 2.14. The van der Waals surface area contributed by atoms with Gasteiger partial charge in [-0.25, -0.2) is 0 Å². The van der Waals surface area contributed by atoms with Gasteiger partial charge in [0.1, 0.15) is 11.5 Å². The van der Waals surface area contributed by atoms with Gasteiger partial charge in [0.25, 0.3) is 0 Å². The normalized spacial score (nSPS) is 12.6. The molecule has 0 aliphatic heterocycles. The van der Waals surface area contributed by atoms with Gasteiger partial charge < -0.3 is 10.2 Å². The monoisotopic (exact) mass is 275 g/mol. The van der Waals surface area contributed by atoms with E-state index in [9.17, 15) is 0 Å². The molecule has 0 radical (unpaired) electrons. The second-order valence-corrected chi connectivity index (χ2v) is 6.17. The molecule has 0 aliphatic carbocycles. The van der Waals surface area contributed by atoms with Gasteiger partial charge in [-0.2, -0.15) is 0 Å². The predicted octanol–water partition coefficient (Wildman–Crippen LogP) is 4.14. The Morgan fingerprint density at radius 1 is 1.11 bits per heavy atom. The highest BCUT2D eigenvalue weighted by molar-refractivity contribution is 7.98. The molecule has 2 nitrogen and oxygen atoms in total. The standard InChI is InChI=1S/C16H21NOS/c1-11-6-12(2)8-14(7-11)10-19-16(9-17)15-5-4-13(3)18-15/h4-8,16H,9-10,17H2,1-3H3. The van der Waals surface area contributed by atoms with Crippen molar-refractivity contribution in [2.45, 2.75) is 31.8 Å². The number of hydrogen-bond acceptors (Lipinski definition) is 3. The first-order valence-electron chi connectivity index (χ1n) is 6.53. The zero-order valence-corrected chi connectivity index (χ0v) is 12.6. The quantitative estimate of drug-likeness (QED) is 0.891. The van der Waals surface area contributed by atoms with Gasteiger partial charge in [0, 0.05) is 12.3 Å². The molecule has 0 amide bonds. The SMILES string of the molecule is Cc1cc(C)cc(CSC(CN)c2ccc(C)o2)c1. The van der Waals surface area contributed by atoms with E-state index in [4.69, 9.17) is 10.2 Å². The summed E-state index contributed by atoms with van der Waals surface area (Å²) in [6.45, 7) is 6.84. The van der Waals surface area contributed by atoms with Gasteiger partial charge in [-0.05, 0) is 38.5 Å². The third-order valence-electron chi connectivity index (χ3n) is 3.03. The highest BCUT2D eigenvalue weighted by Crippen LogP contribution is 2.32. The van der Waals surface area contributed by atoms with E-state index in [1.165, 1.54) is 16.7 Å². The van der Waals surface area contributed by atoms with Crippen molar-refractivity contribution in [2.75, 3.05) is 6.54 Å². The summed E-state index contributed by atoms with van der Waals surface area (Å²) in [6.07, 6.45) is 0. The lowest BCUT2D eigenvalue weighted by atomic mass is 10.1. The summed E-state index contributed by atoms with van der Waals surface area (Å²) in [5.74, 6) is 2.89. The maximum atomic E-state index is 5.86. The highest BCUT2D eigenvalue weighted by atomic mass is 32.2. The van der Waals surface area contributed by atoms with Crippen LogP contribution in [0, 0.1) is 20.8 Å². The molecule has 1 aromatic heterocycles. The van der Waals surface area contributed by atoms with Crippen molar-refractivity contribution in [1.29, 1.82) is 0 Å². The molecule has 1 aromatic carbocycles. The molecule has 2 aromatic rings. The van der Waals surface area contributed by atoms with Crippen LogP contribution in [0.5, 0.6) is 0 Å². The Balaban J connectivity index is 2.03. The molecule has 2 rings (SSSR count). The Hall–Kier alpha value is -1.19. The van der Waals surface area contributed by atoms with Crippen molar-refractivity contribution in [3.63, 3.8) is 0 Å². The molecule has 0 saturated carbocycles. The molecule has 0 bridgehead atoms. The van der Waals surface area contributed by atoms with Crippen molar-refractivity contribution in [2.24, 2.45) is 5.73 Å². The Morgan fingerprint density at radius 2 is 1.79 bits per heavy atom. The zero-order chi connectivity index (χ0) is 13.8. The summed E-state index contributed by atoms with van der Waals surface area (Å²) in [5.41, 5.74) is 9.84. The Kier molecular flexibility index (Phi) is 4.72. The van der Waals surface area contributed by atoms with Crippen LogP contribution in [0.3, 0.4) is 0 Å². The van der Waals surface area contributed by atoms with Gasteiger partial charge in [0.15, 0.2) is 0 Å². The molecule has 1 heterocycles. The molecule has 0 spiro atoms.